The Morgan fingerprint density at radius 2 is 0.925 bits per heavy atom. The normalized spacial score (nSPS) is 10.2. The van der Waals surface area contributed by atoms with Crippen LogP contribution in [0, 0.1) is 11.6 Å². The first kappa shape index (κ1) is 54.5. The summed E-state index contributed by atoms with van der Waals surface area (Å²) < 4.78 is 43.6. The van der Waals surface area contributed by atoms with Crippen molar-refractivity contribution in [2.45, 2.75) is 12.8 Å². The Bertz CT molecular complexity index is 2690. The number of ether oxygens (including phenoxy) is 3. The van der Waals surface area contributed by atoms with Gasteiger partial charge in [0.1, 0.15) is 34.6 Å². The van der Waals surface area contributed by atoms with E-state index < -0.39 is 23.6 Å². The lowest BCUT2D eigenvalue weighted by atomic mass is 10.0. The maximum Gasteiger partial charge on any atom is 0.369 e. The van der Waals surface area contributed by atoms with Gasteiger partial charge in [-0.05, 0) is 96.1 Å². The lowest BCUT2D eigenvalue weighted by Crippen LogP contribution is -2.33. The number of carbonyl (C=O) groups is 4. The molecule has 0 heterocycles. The monoisotopic (exact) mass is 1190 g/mol. The number of phenols is 1. The van der Waals surface area contributed by atoms with E-state index in [0.29, 0.717) is 35.7 Å². The summed E-state index contributed by atoms with van der Waals surface area (Å²) in [5.41, 5.74) is 5.67. The molecule has 0 aliphatic heterocycles. The molecule has 0 radical (unpaired) electrons. The first-order valence-corrected chi connectivity index (χ1v) is 22.8. The SMILES string of the molecule is BrB(Br)Br.COc1ccc(Oc2c(Cl)cc(NC(=O)C(=O)NO)cc2Cl)cc1Cc1ccc(F)cc1.O=C(NO)C(=O)Nc1cc(Cl)c(Oc2ccc(O)c(Cc3ccc(F)cc3)c2)c(Cl)c1. The fourth-order valence-electron chi connectivity index (χ4n) is 5.54. The van der Waals surface area contributed by atoms with E-state index in [-0.39, 0.29) is 63.5 Å². The van der Waals surface area contributed by atoms with E-state index in [2.05, 4.69) is 57.9 Å². The second-order valence-electron chi connectivity index (χ2n) is 13.2. The zero-order valence-electron chi connectivity index (χ0n) is 34.0. The first-order chi connectivity index (χ1) is 31.8. The lowest BCUT2D eigenvalue weighted by molar-refractivity contribution is -0.141. The summed E-state index contributed by atoms with van der Waals surface area (Å²) >= 11 is 34.2. The van der Waals surface area contributed by atoms with Crippen molar-refractivity contribution >= 4 is 132 Å². The predicted octanol–water partition coefficient (Wildman–Crippen LogP) is 11.8. The van der Waals surface area contributed by atoms with E-state index in [1.165, 1.54) is 71.6 Å². The van der Waals surface area contributed by atoms with Crippen molar-refractivity contribution in [2.75, 3.05) is 17.7 Å². The molecule has 24 heteroatoms. The quantitative estimate of drug-likeness (QED) is 0.0283. The highest BCUT2D eigenvalue weighted by atomic mass is 79.9. The van der Waals surface area contributed by atoms with Crippen molar-refractivity contribution in [3.8, 4) is 34.5 Å². The van der Waals surface area contributed by atoms with Crippen molar-refractivity contribution in [1.82, 2.24) is 11.0 Å². The van der Waals surface area contributed by atoms with Gasteiger partial charge < -0.3 is 30.0 Å². The zero-order chi connectivity index (χ0) is 49.4. The third-order valence-corrected chi connectivity index (χ3v) is 9.61. The Morgan fingerprint density at radius 1 is 0.567 bits per heavy atom. The van der Waals surface area contributed by atoms with Crippen LogP contribution in [0.15, 0.2) is 109 Å². The molecule has 4 amide bonds. The second-order valence-corrected chi connectivity index (χ2v) is 21.2. The number of hydrogen-bond acceptors (Lipinski definition) is 10. The number of benzene rings is 6. The van der Waals surface area contributed by atoms with E-state index in [4.69, 9.17) is 71.0 Å². The maximum absolute atomic E-state index is 13.2. The number of hydrogen-bond donors (Lipinski definition) is 7. The number of hydroxylamine groups is 2. The maximum atomic E-state index is 13.2. The molecule has 0 saturated heterocycles. The molecule has 67 heavy (non-hydrogen) atoms. The number of nitrogens with one attached hydrogen (secondary N) is 4. The summed E-state index contributed by atoms with van der Waals surface area (Å²) in [4.78, 5) is 45.3. The minimum absolute atomic E-state index is 0.0362. The third-order valence-electron chi connectivity index (χ3n) is 8.49. The van der Waals surface area contributed by atoms with Crippen LogP contribution in [0.4, 0.5) is 20.2 Å². The van der Waals surface area contributed by atoms with Crippen LogP contribution < -0.4 is 35.8 Å². The van der Waals surface area contributed by atoms with E-state index in [1.807, 2.05) is 0 Å². The second kappa shape index (κ2) is 26.4. The summed E-state index contributed by atoms with van der Waals surface area (Å²) in [6.45, 7) is 0. The van der Waals surface area contributed by atoms with Gasteiger partial charge in [0.05, 0.1) is 27.2 Å². The van der Waals surface area contributed by atoms with Gasteiger partial charge in [-0.25, -0.2) is 19.7 Å². The number of phenolic OH excluding ortho intramolecular Hbond substituents is 1. The molecule has 0 spiro atoms. The Kier molecular flexibility index (Phi) is 21.5. The number of rotatable bonds is 11. The molecule has 14 nitrogen and oxygen atoms in total. The van der Waals surface area contributed by atoms with Crippen LogP contribution in [0.2, 0.25) is 20.1 Å². The average Bonchev–Trinajstić information content (AvgIpc) is 3.28. The number of halogens is 9. The third kappa shape index (κ3) is 17.1. The van der Waals surface area contributed by atoms with Crippen LogP contribution >= 0.6 is 93.7 Å². The number of anilines is 2. The molecular weight excluding hydrogens is 1160 g/mol. The molecular formula is C43H32BBr3Cl4F2N4O10. The Hall–Kier alpha value is -5.16. The van der Waals surface area contributed by atoms with Crippen LogP contribution in [0.25, 0.3) is 0 Å². The van der Waals surface area contributed by atoms with Crippen LogP contribution in [-0.2, 0) is 32.0 Å². The Balaban J connectivity index is 0.000000271. The standard InChI is InChI=1S/C22H17Cl2FN2O5.C21H15Cl2FN2O5.BBr3/c1-31-19-7-6-16(9-13(19)8-12-2-4-14(25)5-3-12)32-20-17(23)10-15(11-18(20)24)26-21(28)22(29)27-30;22-16-9-14(25-20(28)21(29)26-30)10-17(23)19(16)31-15-5-6-18(27)12(8-15)7-11-1-3-13(24)4-2-11;2-1(3)4/h2-7,9-11,30H,8H2,1H3,(H,26,28)(H,27,29);1-6,8-10,27,30H,7H2,(H,25,28)(H,26,29);. The van der Waals surface area contributed by atoms with Crippen molar-refractivity contribution in [3.05, 3.63) is 163 Å². The van der Waals surface area contributed by atoms with Crippen LogP contribution in [0.3, 0.4) is 0 Å². The highest BCUT2D eigenvalue weighted by molar-refractivity contribution is 9.69. The average molecular weight is 1200 g/mol. The molecule has 0 aliphatic carbocycles. The van der Waals surface area contributed by atoms with E-state index >= 15 is 0 Å². The summed E-state index contributed by atoms with van der Waals surface area (Å²) in [6.07, 6.45) is 0.808. The molecule has 0 fully saturated rings. The summed E-state index contributed by atoms with van der Waals surface area (Å²) in [5.74, 6) is -3.77. The van der Waals surface area contributed by atoms with Gasteiger partial charge in [-0.2, -0.15) is 0 Å². The Morgan fingerprint density at radius 3 is 1.30 bits per heavy atom. The number of amides is 4. The van der Waals surface area contributed by atoms with Crippen molar-refractivity contribution < 1.29 is 57.7 Å². The summed E-state index contributed by atoms with van der Waals surface area (Å²) in [6, 6.07) is 27.0. The van der Waals surface area contributed by atoms with Crippen LogP contribution in [0.1, 0.15) is 22.3 Å². The molecule has 6 rings (SSSR count). The minimum atomic E-state index is -1.26. The number of carbonyl (C=O) groups excluding carboxylic acids is 4. The van der Waals surface area contributed by atoms with Gasteiger partial charge in [0.2, 0.25) is 0 Å². The van der Waals surface area contributed by atoms with Crippen LogP contribution in [0.5, 0.6) is 34.5 Å². The van der Waals surface area contributed by atoms with Crippen molar-refractivity contribution in [3.63, 3.8) is 0 Å². The highest BCUT2D eigenvalue weighted by Gasteiger charge is 2.19. The first-order valence-electron chi connectivity index (χ1n) is 18.5. The smallest absolute Gasteiger partial charge is 0.369 e. The van der Waals surface area contributed by atoms with Gasteiger partial charge in [-0.15, -0.1) is 47.3 Å². The van der Waals surface area contributed by atoms with Crippen LogP contribution in [-0.4, -0.2) is 49.4 Å². The van der Waals surface area contributed by atoms with Gasteiger partial charge in [-0.3, -0.25) is 29.6 Å². The zero-order valence-corrected chi connectivity index (χ0v) is 41.8. The van der Waals surface area contributed by atoms with Crippen molar-refractivity contribution in [2.24, 2.45) is 0 Å². The number of methoxy groups -OCH3 is 1. The molecule has 0 aliphatic rings. The molecule has 0 atom stereocenters. The van der Waals surface area contributed by atoms with E-state index in [0.717, 1.165) is 16.7 Å². The fraction of sp³-hybridized carbons (Fsp3) is 0.0698. The lowest BCUT2D eigenvalue weighted by Gasteiger charge is -2.14. The van der Waals surface area contributed by atoms with E-state index in [9.17, 15) is 33.1 Å². The van der Waals surface area contributed by atoms with Gasteiger partial charge in [0.15, 0.2) is 11.5 Å². The van der Waals surface area contributed by atoms with Gasteiger partial charge in [0.25, 0.3) is 0 Å². The molecule has 0 bridgehead atoms. The topological polar surface area (TPSA) is 205 Å². The molecule has 0 unspecified atom stereocenters. The van der Waals surface area contributed by atoms with Gasteiger partial charge in [0, 0.05) is 35.3 Å². The fourth-order valence-corrected chi connectivity index (χ4v) is 6.67. The molecule has 350 valence electrons. The molecule has 6 aromatic carbocycles. The molecule has 0 saturated carbocycles. The molecule has 7 N–H and O–H groups in total. The summed E-state index contributed by atoms with van der Waals surface area (Å²) in [5, 5.41) is 31.8. The number of aromatic hydroxyl groups is 1. The largest absolute Gasteiger partial charge is 0.508 e. The minimum Gasteiger partial charge on any atom is -0.508 e. The predicted molar refractivity (Wildman–Crippen MR) is 262 cm³/mol. The molecule has 0 aromatic heterocycles. The highest BCUT2D eigenvalue weighted by Crippen LogP contribution is 2.41. The molecule has 6 aromatic rings. The Labute approximate surface area is 425 Å². The summed E-state index contributed by atoms with van der Waals surface area (Å²) in [7, 11) is 1.54. The van der Waals surface area contributed by atoms with Gasteiger partial charge in [-0.1, -0.05) is 70.7 Å². The van der Waals surface area contributed by atoms with Gasteiger partial charge >= 0.3 is 26.8 Å². The van der Waals surface area contributed by atoms with Crippen molar-refractivity contribution in [1.29, 1.82) is 0 Å². The van der Waals surface area contributed by atoms with E-state index in [1.54, 1.807) is 55.6 Å².